The van der Waals surface area contributed by atoms with E-state index >= 15 is 0 Å². The molecule has 0 saturated carbocycles. The van der Waals surface area contributed by atoms with Gasteiger partial charge in [0.1, 0.15) is 0 Å². The van der Waals surface area contributed by atoms with Gasteiger partial charge in [0.25, 0.3) is 0 Å². The minimum Gasteiger partial charge on any atom is -0.307 e. The molecule has 21 heavy (non-hydrogen) atoms. The molecule has 2 aromatic carbocycles. The average molecular weight is 279 g/mol. The molecule has 0 saturated heterocycles. The lowest BCUT2D eigenvalue weighted by molar-refractivity contribution is 0.467. The molecule has 110 valence electrons. The third-order valence-electron chi connectivity index (χ3n) is 4.64. The van der Waals surface area contributed by atoms with E-state index in [1.807, 2.05) is 0 Å². The zero-order valence-corrected chi connectivity index (χ0v) is 13.3. The first-order chi connectivity index (χ1) is 10.1. The highest BCUT2D eigenvalue weighted by Crippen LogP contribution is 2.24. The van der Waals surface area contributed by atoms with Gasteiger partial charge in [0.05, 0.1) is 0 Å². The molecule has 0 amide bonds. The number of hydrogen-bond acceptors (Lipinski definition) is 1. The van der Waals surface area contributed by atoms with Crippen LogP contribution in [0.2, 0.25) is 0 Å². The van der Waals surface area contributed by atoms with Crippen LogP contribution in [0.4, 0.5) is 0 Å². The number of rotatable bonds is 4. The van der Waals surface area contributed by atoms with Crippen molar-refractivity contribution >= 4 is 0 Å². The van der Waals surface area contributed by atoms with Gasteiger partial charge < -0.3 is 5.32 Å². The summed E-state index contributed by atoms with van der Waals surface area (Å²) in [6.07, 6.45) is 2.31. The Morgan fingerprint density at radius 2 is 1.33 bits per heavy atom. The van der Waals surface area contributed by atoms with Crippen LogP contribution < -0.4 is 5.32 Å². The zero-order chi connectivity index (χ0) is 14.8. The van der Waals surface area contributed by atoms with E-state index in [4.69, 9.17) is 0 Å². The first-order valence-corrected chi connectivity index (χ1v) is 8.06. The Morgan fingerprint density at radius 1 is 0.810 bits per heavy atom. The second-order valence-electron chi connectivity index (χ2n) is 6.58. The van der Waals surface area contributed by atoms with E-state index in [0.29, 0.717) is 18.0 Å². The summed E-state index contributed by atoms with van der Waals surface area (Å²) in [6, 6.07) is 18.9. The first-order valence-electron chi connectivity index (χ1n) is 8.06. The Bertz CT molecular complexity index is 572. The monoisotopic (exact) mass is 279 g/mol. The van der Waals surface area contributed by atoms with Gasteiger partial charge in [-0.3, -0.25) is 0 Å². The summed E-state index contributed by atoms with van der Waals surface area (Å²) in [5.41, 5.74) is 5.82. The normalized spacial score (nSPS) is 16.2. The molecule has 1 atom stereocenters. The van der Waals surface area contributed by atoms with Crippen molar-refractivity contribution in [2.24, 2.45) is 0 Å². The summed E-state index contributed by atoms with van der Waals surface area (Å²) < 4.78 is 0. The highest BCUT2D eigenvalue weighted by atomic mass is 14.9. The summed E-state index contributed by atoms with van der Waals surface area (Å²) in [4.78, 5) is 0. The lowest BCUT2D eigenvalue weighted by Crippen LogP contribution is -2.32. The molecule has 1 N–H and O–H groups in total. The Hall–Kier alpha value is -1.60. The fourth-order valence-electron chi connectivity index (χ4n) is 3.30. The van der Waals surface area contributed by atoms with E-state index in [1.54, 1.807) is 0 Å². The van der Waals surface area contributed by atoms with E-state index < -0.39 is 0 Å². The van der Waals surface area contributed by atoms with E-state index in [1.165, 1.54) is 22.3 Å². The molecule has 1 aliphatic rings. The lowest BCUT2D eigenvalue weighted by atomic mass is 9.99. The van der Waals surface area contributed by atoms with Crippen molar-refractivity contribution in [3.05, 3.63) is 70.8 Å². The minimum atomic E-state index is 0.408. The summed E-state index contributed by atoms with van der Waals surface area (Å²) in [5, 5.41) is 3.79. The van der Waals surface area contributed by atoms with E-state index in [-0.39, 0.29) is 0 Å². The summed E-state index contributed by atoms with van der Waals surface area (Å²) in [7, 11) is 0. The molecule has 0 spiro atoms. The maximum absolute atomic E-state index is 3.79. The van der Waals surface area contributed by atoms with E-state index in [9.17, 15) is 0 Å². The topological polar surface area (TPSA) is 12.0 Å². The van der Waals surface area contributed by atoms with Gasteiger partial charge in [0.15, 0.2) is 0 Å². The Morgan fingerprint density at radius 3 is 1.86 bits per heavy atom. The molecule has 0 aromatic heterocycles. The Labute approximate surface area is 128 Å². The molecular formula is C20H25N. The van der Waals surface area contributed by atoms with Gasteiger partial charge in [-0.2, -0.15) is 0 Å². The molecule has 2 aromatic rings. The van der Waals surface area contributed by atoms with Crippen LogP contribution in [-0.4, -0.2) is 6.04 Å². The molecule has 1 unspecified atom stereocenters. The van der Waals surface area contributed by atoms with E-state index in [0.717, 1.165) is 12.8 Å². The van der Waals surface area contributed by atoms with Gasteiger partial charge in [0.2, 0.25) is 0 Å². The highest BCUT2D eigenvalue weighted by molar-refractivity contribution is 5.34. The van der Waals surface area contributed by atoms with Crippen molar-refractivity contribution in [2.45, 2.75) is 51.6 Å². The maximum atomic E-state index is 3.79. The number of hydrogen-bond donors (Lipinski definition) is 1. The number of fused-ring (bicyclic) bond motifs is 1. The smallest absolute Gasteiger partial charge is 0.0294 e. The number of nitrogens with one attached hydrogen (secondary N) is 1. The summed E-state index contributed by atoms with van der Waals surface area (Å²) in [5.74, 6) is 0.603. The molecular weight excluding hydrogens is 254 g/mol. The fraction of sp³-hybridized carbons (Fsp3) is 0.400. The summed E-state index contributed by atoms with van der Waals surface area (Å²) >= 11 is 0. The van der Waals surface area contributed by atoms with E-state index in [2.05, 4.69) is 74.6 Å². The van der Waals surface area contributed by atoms with Gasteiger partial charge in [0, 0.05) is 12.1 Å². The molecule has 1 nitrogen and oxygen atoms in total. The van der Waals surface area contributed by atoms with Crippen molar-refractivity contribution in [1.82, 2.24) is 5.32 Å². The summed E-state index contributed by atoms with van der Waals surface area (Å²) in [6.45, 7) is 6.76. The van der Waals surface area contributed by atoms with Gasteiger partial charge >= 0.3 is 0 Å². The van der Waals surface area contributed by atoms with Crippen molar-refractivity contribution in [3.63, 3.8) is 0 Å². The minimum absolute atomic E-state index is 0.408. The van der Waals surface area contributed by atoms with Crippen molar-refractivity contribution < 1.29 is 0 Å². The molecule has 3 rings (SSSR count). The average Bonchev–Trinajstić information content (AvgIpc) is 2.89. The van der Waals surface area contributed by atoms with Gasteiger partial charge in [-0.15, -0.1) is 0 Å². The van der Waals surface area contributed by atoms with Gasteiger partial charge in [-0.25, -0.2) is 0 Å². The zero-order valence-electron chi connectivity index (χ0n) is 13.3. The van der Waals surface area contributed by atoms with Crippen LogP contribution in [0.5, 0.6) is 0 Å². The van der Waals surface area contributed by atoms with Crippen LogP contribution in [0, 0.1) is 0 Å². The first kappa shape index (κ1) is 14.3. The molecule has 0 aliphatic heterocycles. The SMILES string of the molecule is CC(C)c1ccc(C(C)NC2Cc3ccccc3C2)cc1. The maximum Gasteiger partial charge on any atom is 0.0294 e. The second kappa shape index (κ2) is 6.03. The number of benzene rings is 2. The van der Waals surface area contributed by atoms with Crippen LogP contribution in [0.1, 0.15) is 55.0 Å². The molecule has 0 fully saturated rings. The highest BCUT2D eigenvalue weighted by Gasteiger charge is 2.22. The van der Waals surface area contributed by atoms with Crippen LogP contribution in [-0.2, 0) is 12.8 Å². The second-order valence-corrected chi connectivity index (χ2v) is 6.58. The fourth-order valence-corrected chi connectivity index (χ4v) is 3.30. The molecule has 0 radical (unpaired) electrons. The molecule has 1 aliphatic carbocycles. The van der Waals surface area contributed by atoms with Crippen LogP contribution >= 0.6 is 0 Å². The van der Waals surface area contributed by atoms with Gasteiger partial charge in [-0.05, 0) is 47.9 Å². The molecule has 0 bridgehead atoms. The quantitative estimate of drug-likeness (QED) is 0.860. The third kappa shape index (κ3) is 3.19. The largest absolute Gasteiger partial charge is 0.307 e. The standard InChI is InChI=1S/C20H25N/c1-14(2)16-8-10-17(11-9-16)15(3)21-20-12-18-6-4-5-7-19(18)13-20/h4-11,14-15,20-21H,12-13H2,1-3H3. The molecule has 1 heteroatoms. The van der Waals surface area contributed by atoms with Crippen molar-refractivity contribution in [1.29, 1.82) is 0 Å². The predicted molar refractivity (Wildman–Crippen MR) is 89.7 cm³/mol. The van der Waals surface area contributed by atoms with Crippen LogP contribution in [0.3, 0.4) is 0 Å². The van der Waals surface area contributed by atoms with Crippen LogP contribution in [0.25, 0.3) is 0 Å². The van der Waals surface area contributed by atoms with Crippen molar-refractivity contribution in [3.8, 4) is 0 Å². The van der Waals surface area contributed by atoms with Crippen molar-refractivity contribution in [2.75, 3.05) is 0 Å². The predicted octanol–water partition coefficient (Wildman–Crippen LogP) is 4.63. The third-order valence-corrected chi connectivity index (χ3v) is 4.64. The lowest BCUT2D eigenvalue weighted by Gasteiger charge is -2.20. The Balaban J connectivity index is 1.63. The van der Waals surface area contributed by atoms with Gasteiger partial charge in [-0.1, -0.05) is 62.4 Å². The van der Waals surface area contributed by atoms with Crippen LogP contribution in [0.15, 0.2) is 48.5 Å². The Kier molecular flexibility index (Phi) is 4.12. The molecule has 0 heterocycles.